The minimum absolute atomic E-state index is 0.0358. The summed E-state index contributed by atoms with van der Waals surface area (Å²) in [5.74, 6) is 0.143. The summed E-state index contributed by atoms with van der Waals surface area (Å²) < 4.78 is 4.90. The fourth-order valence-electron chi connectivity index (χ4n) is 1.18. The van der Waals surface area contributed by atoms with E-state index >= 15 is 0 Å². The second kappa shape index (κ2) is 9.65. The third-order valence-electron chi connectivity index (χ3n) is 2.05. The third kappa shape index (κ3) is 11.0. The molecule has 1 N–H and O–H groups in total. The van der Waals surface area contributed by atoms with Gasteiger partial charge < -0.3 is 10.1 Å². The molecule has 1 amide bonds. The molecule has 0 heterocycles. The molecule has 0 rings (SSSR count). The van der Waals surface area contributed by atoms with Crippen LogP contribution in [0.4, 0.5) is 0 Å². The summed E-state index contributed by atoms with van der Waals surface area (Å²) >= 11 is 0. The lowest BCUT2D eigenvalue weighted by Crippen LogP contribution is -2.25. The molecule has 0 radical (unpaired) electrons. The Balaban J connectivity index is 3.22. The largest absolute Gasteiger partial charge is 0.385 e. The fourth-order valence-corrected chi connectivity index (χ4v) is 1.18. The van der Waals surface area contributed by atoms with Crippen molar-refractivity contribution in [2.24, 2.45) is 0 Å². The number of amides is 1. The Morgan fingerprint density at radius 3 is 2.47 bits per heavy atom. The van der Waals surface area contributed by atoms with Crippen LogP contribution in [0.15, 0.2) is 0 Å². The molecule has 4 nitrogen and oxygen atoms in total. The van der Waals surface area contributed by atoms with Crippen molar-refractivity contribution in [1.29, 1.82) is 0 Å². The van der Waals surface area contributed by atoms with Crippen LogP contribution >= 0.6 is 0 Å². The van der Waals surface area contributed by atoms with Crippen molar-refractivity contribution in [3.05, 3.63) is 0 Å². The van der Waals surface area contributed by atoms with Gasteiger partial charge >= 0.3 is 0 Å². The lowest BCUT2D eigenvalue weighted by Gasteiger charge is -2.03. The molecule has 0 spiro atoms. The molecule has 0 unspecified atom stereocenters. The van der Waals surface area contributed by atoms with E-state index in [-0.39, 0.29) is 11.7 Å². The molecule has 0 atom stereocenters. The first-order valence-electron chi connectivity index (χ1n) is 5.42. The summed E-state index contributed by atoms with van der Waals surface area (Å²) in [5, 5.41) is 2.71. The molecular formula is C11H21NO3. The number of ether oxygens (including phenoxy) is 1. The van der Waals surface area contributed by atoms with Crippen molar-refractivity contribution in [3.63, 3.8) is 0 Å². The molecule has 0 aromatic rings. The normalized spacial score (nSPS) is 10.0. The van der Waals surface area contributed by atoms with Crippen molar-refractivity contribution in [3.8, 4) is 0 Å². The molecule has 0 aliphatic rings. The molecule has 0 aromatic heterocycles. The summed E-state index contributed by atoms with van der Waals surface area (Å²) in [5.41, 5.74) is 0. The Labute approximate surface area is 91.4 Å². The van der Waals surface area contributed by atoms with E-state index in [4.69, 9.17) is 4.74 Å². The van der Waals surface area contributed by atoms with Crippen LogP contribution in [-0.4, -0.2) is 32.0 Å². The maximum absolute atomic E-state index is 11.2. The third-order valence-corrected chi connectivity index (χ3v) is 2.05. The van der Waals surface area contributed by atoms with Gasteiger partial charge in [-0.25, -0.2) is 0 Å². The van der Waals surface area contributed by atoms with Gasteiger partial charge in [0, 0.05) is 33.1 Å². The summed E-state index contributed by atoms with van der Waals surface area (Å²) in [6.07, 6.45) is 3.86. The number of hydrogen-bond acceptors (Lipinski definition) is 3. The molecule has 0 saturated heterocycles. The highest BCUT2D eigenvalue weighted by Gasteiger charge is 2.00. The van der Waals surface area contributed by atoms with Gasteiger partial charge in [0.05, 0.1) is 0 Å². The number of ketones is 1. The first kappa shape index (κ1) is 14.1. The molecule has 0 aliphatic carbocycles. The van der Waals surface area contributed by atoms with Gasteiger partial charge in [0.1, 0.15) is 5.78 Å². The minimum Gasteiger partial charge on any atom is -0.385 e. The van der Waals surface area contributed by atoms with Crippen LogP contribution in [0.5, 0.6) is 0 Å². The van der Waals surface area contributed by atoms with Gasteiger partial charge in [-0.15, -0.1) is 0 Å². The van der Waals surface area contributed by atoms with Crippen LogP contribution in [0.3, 0.4) is 0 Å². The summed E-state index contributed by atoms with van der Waals surface area (Å²) in [4.78, 5) is 21.8. The molecule has 0 saturated carbocycles. The number of carbonyl (C=O) groups is 2. The quantitative estimate of drug-likeness (QED) is 0.590. The van der Waals surface area contributed by atoms with Crippen molar-refractivity contribution in [2.75, 3.05) is 20.3 Å². The SMILES string of the molecule is COCCCCCC(=O)NCCC(C)=O. The molecule has 0 fully saturated rings. The molecule has 0 aliphatic heterocycles. The Hall–Kier alpha value is -0.900. The molecule has 4 heteroatoms. The average Bonchev–Trinajstić information content (AvgIpc) is 2.17. The van der Waals surface area contributed by atoms with E-state index in [0.717, 1.165) is 25.9 Å². The Bertz CT molecular complexity index is 192. The van der Waals surface area contributed by atoms with E-state index < -0.39 is 0 Å². The first-order valence-corrected chi connectivity index (χ1v) is 5.42. The minimum atomic E-state index is 0.0358. The van der Waals surface area contributed by atoms with E-state index in [1.807, 2.05) is 0 Å². The van der Waals surface area contributed by atoms with E-state index in [0.29, 0.717) is 19.4 Å². The van der Waals surface area contributed by atoms with Crippen LogP contribution in [0, 0.1) is 0 Å². The first-order chi connectivity index (χ1) is 7.16. The fraction of sp³-hybridized carbons (Fsp3) is 0.818. The van der Waals surface area contributed by atoms with Crippen LogP contribution in [-0.2, 0) is 14.3 Å². The number of unbranched alkanes of at least 4 members (excludes halogenated alkanes) is 2. The van der Waals surface area contributed by atoms with E-state index in [9.17, 15) is 9.59 Å². The van der Waals surface area contributed by atoms with Gasteiger partial charge in [0.25, 0.3) is 0 Å². The smallest absolute Gasteiger partial charge is 0.220 e. The zero-order chi connectivity index (χ0) is 11.5. The molecule has 15 heavy (non-hydrogen) atoms. The second-order valence-corrected chi connectivity index (χ2v) is 3.61. The number of hydrogen-bond donors (Lipinski definition) is 1. The van der Waals surface area contributed by atoms with Gasteiger partial charge in [-0.05, 0) is 19.8 Å². The zero-order valence-corrected chi connectivity index (χ0v) is 9.67. The van der Waals surface area contributed by atoms with Gasteiger partial charge in [-0.3, -0.25) is 9.59 Å². The van der Waals surface area contributed by atoms with Crippen molar-refractivity contribution in [2.45, 2.75) is 39.0 Å². The van der Waals surface area contributed by atoms with Crippen LogP contribution in [0.25, 0.3) is 0 Å². The lowest BCUT2D eigenvalue weighted by molar-refractivity contribution is -0.121. The topological polar surface area (TPSA) is 55.4 Å². The molecular weight excluding hydrogens is 194 g/mol. The van der Waals surface area contributed by atoms with Gasteiger partial charge in [-0.2, -0.15) is 0 Å². The highest BCUT2D eigenvalue weighted by atomic mass is 16.5. The Morgan fingerprint density at radius 1 is 1.13 bits per heavy atom. The van der Waals surface area contributed by atoms with E-state index in [1.165, 1.54) is 6.92 Å². The summed E-state index contributed by atoms with van der Waals surface area (Å²) in [7, 11) is 1.68. The average molecular weight is 215 g/mol. The summed E-state index contributed by atoms with van der Waals surface area (Å²) in [6.45, 7) is 2.75. The Kier molecular flexibility index (Phi) is 9.07. The predicted octanol–water partition coefficient (Wildman–Crippen LogP) is 1.29. The molecule has 88 valence electrons. The molecule has 0 bridgehead atoms. The standard InChI is InChI=1S/C11H21NO3/c1-10(13)7-8-12-11(14)6-4-3-5-9-15-2/h3-9H2,1-2H3,(H,12,14). The van der Waals surface area contributed by atoms with E-state index in [1.54, 1.807) is 7.11 Å². The number of methoxy groups -OCH3 is 1. The van der Waals surface area contributed by atoms with Gasteiger partial charge in [0.15, 0.2) is 0 Å². The lowest BCUT2D eigenvalue weighted by atomic mass is 10.2. The van der Waals surface area contributed by atoms with Crippen molar-refractivity contribution >= 4 is 11.7 Å². The monoisotopic (exact) mass is 215 g/mol. The second-order valence-electron chi connectivity index (χ2n) is 3.61. The van der Waals surface area contributed by atoms with Gasteiger partial charge in [0.2, 0.25) is 5.91 Å². The summed E-state index contributed by atoms with van der Waals surface area (Å²) in [6, 6.07) is 0. The molecule has 0 aromatic carbocycles. The highest BCUT2D eigenvalue weighted by molar-refractivity contribution is 5.78. The number of carbonyl (C=O) groups excluding carboxylic acids is 2. The van der Waals surface area contributed by atoms with Crippen LogP contribution in [0.2, 0.25) is 0 Å². The van der Waals surface area contributed by atoms with E-state index in [2.05, 4.69) is 5.32 Å². The highest BCUT2D eigenvalue weighted by Crippen LogP contribution is 1.99. The number of Topliss-reactive ketones (excluding diaryl/α,β-unsaturated/α-hetero) is 1. The maximum Gasteiger partial charge on any atom is 0.220 e. The van der Waals surface area contributed by atoms with Gasteiger partial charge in [-0.1, -0.05) is 6.42 Å². The number of rotatable bonds is 9. The predicted molar refractivity (Wildman–Crippen MR) is 58.7 cm³/mol. The number of nitrogens with one attached hydrogen (secondary N) is 1. The van der Waals surface area contributed by atoms with Crippen molar-refractivity contribution < 1.29 is 14.3 Å². The van der Waals surface area contributed by atoms with Crippen molar-refractivity contribution in [1.82, 2.24) is 5.32 Å². The maximum atomic E-state index is 11.2. The zero-order valence-electron chi connectivity index (χ0n) is 9.67. The van der Waals surface area contributed by atoms with Crippen LogP contribution in [0.1, 0.15) is 39.0 Å². The van der Waals surface area contributed by atoms with Crippen LogP contribution < -0.4 is 5.32 Å². The Morgan fingerprint density at radius 2 is 1.87 bits per heavy atom.